The summed E-state index contributed by atoms with van der Waals surface area (Å²) in [5, 5.41) is 9.80. The Morgan fingerprint density at radius 3 is 2.69 bits per heavy atom. The molecular weight excluding hydrogens is 444 g/mol. The molecule has 0 unspecified atom stereocenters. The third kappa shape index (κ3) is 6.80. The Balaban J connectivity index is 1.89. The lowest BCUT2D eigenvalue weighted by atomic mass is 9.99. The quantitative estimate of drug-likeness (QED) is 0.641. The third-order valence-electron chi connectivity index (χ3n) is 6.01. The van der Waals surface area contributed by atoms with E-state index in [1.54, 1.807) is 41.5 Å². The SMILES string of the molecule is CC(C)C#Cc1cnc2c(c1)C(=O)N([C@@H](C)CO)C[C@@H](C)[C@@H](CN(C)C(=O)Cc1ccncc1)O2. The van der Waals surface area contributed by atoms with E-state index in [0.29, 0.717) is 24.2 Å². The predicted molar refractivity (Wildman–Crippen MR) is 133 cm³/mol. The minimum atomic E-state index is -0.401. The summed E-state index contributed by atoms with van der Waals surface area (Å²) in [5.41, 5.74) is 1.82. The van der Waals surface area contributed by atoms with Crippen molar-refractivity contribution in [2.75, 3.05) is 26.7 Å². The maximum absolute atomic E-state index is 13.4. The molecule has 3 rings (SSSR count). The molecule has 3 atom stereocenters. The minimum absolute atomic E-state index is 0.0433. The Labute approximate surface area is 207 Å². The second-order valence-corrected chi connectivity index (χ2v) is 9.43. The molecule has 3 heterocycles. The Morgan fingerprint density at radius 1 is 1.31 bits per heavy atom. The van der Waals surface area contributed by atoms with Gasteiger partial charge >= 0.3 is 0 Å². The van der Waals surface area contributed by atoms with Crippen LogP contribution in [-0.2, 0) is 11.2 Å². The van der Waals surface area contributed by atoms with Crippen LogP contribution in [0, 0.1) is 23.7 Å². The molecule has 0 fully saturated rings. The zero-order valence-electron chi connectivity index (χ0n) is 21.1. The number of carbonyl (C=O) groups is 2. The van der Waals surface area contributed by atoms with E-state index in [0.717, 1.165) is 5.56 Å². The van der Waals surface area contributed by atoms with Gasteiger partial charge < -0.3 is 19.6 Å². The second kappa shape index (κ2) is 11.8. The van der Waals surface area contributed by atoms with Crippen LogP contribution in [0.2, 0.25) is 0 Å². The highest BCUT2D eigenvalue weighted by atomic mass is 16.5. The zero-order chi connectivity index (χ0) is 25.5. The lowest BCUT2D eigenvalue weighted by Crippen LogP contribution is -2.50. The number of rotatable bonds is 6. The summed E-state index contributed by atoms with van der Waals surface area (Å²) < 4.78 is 6.26. The van der Waals surface area contributed by atoms with Crippen molar-refractivity contribution in [1.29, 1.82) is 0 Å². The van der Waals surface area contributed by atoms with E-state index >= 15 is 0 Å². The Morgan fingerprint density at radius 2 is 2.03 bits per heavy atom. The van der Waals surface area contributed by atoms with Gasteiger partial charge in [0.25, 0.3) is 5.91 Å². The highest BCUT2D eigenvalue weighted by molar-refractivity contribution is 5.97. The van der Waals surface area contributed by atoms with Gasteiger partial charge in [0.05, 0.1) is 25.6 Å². The van der Waals surface area contributed by atoms with Crippen LogP contribution in [0.5, 0.6) is 5.88 Å². The Bertz CT molecular complexity index is 1090. The van der Waals surface area contributed by atoms with Crippen LogP contribution >= 0.6 is 0 Å². The number of likely N-dealkylation sites (N-methyl/N-ethyl adjacent to an activating group) is 1. The predicted octanol–water partition coefficient (Wildman–Crippen LogP) is 2.41. The Hall–Kier alpha value is -3.44. The molecule has 0 bridgehead atoms. The van der Waals surface area contributed by atoms with Crippen molar-refractivity contribution in [2.45, 2.75) is 46.3 Å². The molecule has 2 amide bonds. The number of aliphatic hydroxyl groups is 1. The molecule has 2 aromatic heterocycles. The maximum atomic E-state index is 13.4. The number of hydrogen-bond acceptors (Lipinski definition) is 6. The van der Waals surface area contributed by atoms with Gasteiger partial charge in [-0.25, -0.2) is 4.98 Å². The molecule has 8 nitrogen and oxygen atoms in total. The molecule has 186 valence electrons. The number of amides is 2. The number of carbonyl (C=O) groups excluding carboxylic acids is 2. The van der Waals surface area contributed by atoms with Gasteiger partial charge in [-0.05, 0) is 30.7 Å². The average Bonchev–Trinajstić information content (AvgIpc) is 2.84. The van der Waals surface area contributed by atoms with Gasteiger partial charge in [0.15, 0.2) is 0 Å². The first-order chi connectivity index (χ1) is 16.7. The van der Waals surface area contributed by atoms with E-state index in [4.69, 9.17) is 4.74 Å². The van der Waals surface area contributed by atoms with Crippen LogP contribution in [0.1, 0.15) is 49.2 Å². The van der Waals surface area contributed by atoms with Crippen molar-refractivity contribution >= 4 is 11.8 Å². The molecule has 1 N–H and O–H groups in total. The molecule has 35 heavy (non-hydrogen) atoms. The highest BCUT2D eigenvalue weighted by Gasteiger charge is 2.34. The first-order valence-electron chi connectivity index (χ1n) is 11.9. The molecule has 2 aromatic rings. The normalized spacial score (nSPS) is 18.5. The van der Waals surface area contributed by atoms with E-state index in [1.165, 1.54) is 0 Å². The number of aromatic nitrogens is 2. The monoisotopic (exact) mass is 478 g/mol. The van der Waals surface area contributed by atoms with Crippen molar-refractivity contribution in [3.63, 3.8) is 0 Å². The first kappa shape index (κ1) is 26.2. The highest BCUT2D eigenvalue weighted by Crippen LogP contribution is 2.27. The summed E-state index contributed by atoms with van der Waals surface area (Å²) in [6.45, 7) is 8.31. The largest absolute Gasteiger partial charge is 0.472 e. The van der Waals surface area contributed by atoms with Crippen LogP contribution < -0.4 is 4.74 Å². The lowest BCUT2D eigenvalue weighted by Gasteiger charge is -2.37. The van der Waals surface area contributed by atoms with E-state index in [-0.39, 0.29) is 48.6 Å². The standard InChI is InChI=1S/C27H34N4O4/c1-18(2)6-7-22-12-23-26(29-14-22)35-24(19(3)15-31(27(23)34)20(4)17-32)16-30(5)25(33)13-21-8-10-28-11-9-21/h8-12,14,18-20,24,32H,13,15-17H2,1-5H3/t19-,20+,24-/m1/s1. The van der Waals surface area contributed by atoms with Gasteiger partial charge in [-0.2, -0.15) is 0 Å². The first-order valence-corrected chi connectivity index (χ1v) is 11.9. The summed E-state index contributed by atoms with van der Waals surface area (Å²) in [7, 11) is 1.75. The third-order valence-corrected chi connectivity index (χ3v) is 6.01. The molecule has 8 heteroatoms. The fraction of sp³-hybridized carbons (Fsp3) is 0.481. The number of nitrogens with zero attached hydrogens (tertiary/aromatic N) is 4. The summed E-state index contributed by atoms with van der Waals surface area (Å²) >= 11 is 0. The molecule has 1 aliphatic rings. The van der Waals surface area contributed by atoms with Crippen LogP contribution in [0.25, 0.3) is 0 Å². The van der Waals surface area contributed by atoms with Crippen LogP contribution in [0.4, 0.5) is 0 Å². The van der Waals surface area contributed by atoms with Crippen molar-refractivity contribution in [3.8, 4) is 17.7 Å². The number of aliphatic hydroxyl groups excluding tert-OH is 1. The van der Waals surface area contributed by atoms with Gasteiger partial charge in [-0.1, -0.05) is 32.6 Å². The number of pyridine rings is 2. The van der Waals surface area contributed by atoms with Gasteiger partial charge in [0, 0.05) is 49.6 Å². The molecule has 1 aliphatic heterocycles. The van der Waals surface area contributed by atoms with Gasteiger partial charge in [-0.15, -0.1) is 0 Å². The summed E-state index contributed by atoms with van der Waals surface area (Å²) in [4.78, 5) is 38.0. The summed E-state index contributed by atoms with van der Waals surface area (Å²) in [6.07, 6.45) is 4.79. The zero-order valence-corrected chi connectivity index (χ0v) is 21.1. The van der Waals surface area contributed by atoms with Crippen LogP contribution in [0.3, 0.4) is 0 Å². The summed E-state index contributed by atoms with van der Waals surface area (Å²) in [6, 6.07) is 4.96. The van der Waals surface area contributed by atoms with Crippen molar-refractivity contribution in [2.24, 2.45) is 11.8 Å². The fourth-order valence-electron chi connectivity index (χ4n) is 3.80. The van der Waals surface area contributed by atoms with E-state index in [9.17, 15) is 14.7 Å². The van der Waals surface area contributed by atoms with Crippen molar-refractivity contribution in [3.05, 3.63) is 53.5 Å². The molecule has 0 saturated heterocycles. The fourth-order valence-corrected chi connectivity index (χ4v) is 3.80. The summed E-state index contributed by atoms with van der Waals surface area (Å²) in [5.74, 6) is 6.13. The molecule has 0 saturated carbocycles. The maximum Gasteiger partial charge on any atom is 0.259 e. The molecule has 0 radical (unpaired) electrons. The lowest BCUT2D eigenvalue weighted by molar-refractivity contribution is -0.130. The van der Waals surface area contributed by atoms with Gasteiger partial charge in [0.2, 0.25) is 11.8 Å². The average molecular weight is 479 g/mol. The topological polar surface area (TPSA) is 95.9 Å². The molecular formula is C27H34N4O4. The minimum Gasteiger partial charge on any atom is -0.472 e. The molecule has 0 aliphatic carbocycles. The molecule has 0 aromatic carbocycles. The number of hydrogen-bond donors (Lipinski definition) is 1. The van der Waals surface area contributed by atoms with Gasteiger partial charge in [-0.3, -0.25) is 14.6 Å². The van der Waals surface area contributed by atoms with Crippen LogP contribution in [-0.4, -0.2) is 75.6 Å². The number of ether oxygens (including phenoxy) is 1. The molecule has 0 spiro atoms. The van der Waals surface area contributed by atoms with Crippen LogP contribution in [0.15, 0.2) is 36.8 Å². The van der Waals surface area contributed by atoms with Crippen molar-refractivity contribution in [1.82, 2.24) is 19.8 Å². The van der Waals surface area contributed by atoms with E-state index in [1.807, 2.05) is 39.8 Å². The second-order valence-electron chi connectivity index (χ2n) is 9.43. The number of fused-ring (bicyclic) bond motifs is 1. The van der Waals surface area contributed by atoms with E-state index < -0.39 is 6.10 Å². The Kier molecular flexibility index (Phi) is 8.83. The van der Waals surface area contributed by atoms with Gasteiger partial charge in [0.1, 0.15) is 11.7 Å². The van der Waals surface area contributed by atoms with Crippen molar-refractivity contribution < 1.29 is 19.4 Å². The smallest absolute Gasteiger partial charge is 0.259 e. The van der Waals surface area contributed by atoms with E-state index in [2.05, 4.69) is 21.8 Å².